The quantitative estimate of drug-likeness (QED) is 0.706. The van der Waals surface area contributed by atoms with Crippen molar-refractivity contribution in [1.29, 1.82) is 0 Å². The van der Waals surface area contributed by atoms with Gasteiger partial charge in [-0.25, -0.2) is 9.78 Å². The molecule has 1 aromatic carbocycles. The summed E-state index contributed by atoms with van der Waals surface area (Å²) in [5.74, 6) is 1.14. The normalized spacial score (nSPS) is 18.4. The highest BCUT2D eigenvalue weighted by Crippen LogP contribution is 2.32. The van der Waals surface area contributed by atoms with Gasteiger partial charge in [-0.1, -0.05) is 12.1 Å². The Balaban J connectivity index is 1.30. The zero-order chi connectivity index (χ0) is 21.6. The molecule has 0 bridgehead atoms. The number of urea groups is 1. The summed E-state index contributed by atoms with van der Waals surface area (Å²) >= 11 is 0. The first kappa shape index (κ1) is 21.3. The number of fused-ring (bicyclic) bond motifs is 1. The summed E-state index contributed by atoms with van der Waals surface area (Å²) in [7, 11) is 0. The molecule has 0 radical (unpaired) electrons. The molecule has 1 aromatic heterocycles. The van der Waals surface area contributed by atoms with E-state index in [0.717, 1.165) is 54.9 Å². The van der Waals surface area contributed by atoms with Gasteiger partial charge in [-0.05, 0) is 73.4 Å². The van der Waals surface area contributed by atoms with Crippen molar-refractivity contribution < 1.29 is 18.3 Å². The number of anilines is 1. The van der Waals surface area contributed by atoms with E-state index in [-0.39, 0.29) is 17.8 Å². The SMILES string of the molecule is O=C(NCc1ccc(N2CCCCC2)nc1)NC1CCCc2cc(OC(F)F)ccc21. The molecule has 1 fully saturated rings. The standard InChI is InChI=1S/C23H28F2N4O2/c24-22(25)31-18-8-9-19-17(13-18)5-4-6-20(19)28-23(30)27-15-16-7-10-21(26-14-16)29-11-2-1-3-12-29/h7-10,13-14,20,22H,1-6,11-12,15H2,(H2,27,28,30). The monoisotopic (exact) mass is 430 g/mol. The van der Waals surface area contributed by atoms with E-state index in [9.17, 15) is 13.6 Å². The van der Waals surface area contributed by atoms with E-state index in [1.54, 1.807) is 12.1 Å². The number of halogens is 2. The number of aromatic nitrogens is 1. The van der Waals surface area contributed by atoms with E-state index in [1.807, 2.05) is 18.3 Å². The number of nitrogens with one attached hydrogen (secondary N) is 2. The largest absolute Gasteiger partial charge is 0.435 e. The Labute approximate surface area is 181 Å². The van der Waals surface area contributed by atoms with E-state index < -0.39 is 6.61 Å². The molecule has 2 amide bonds. The van der Waals surface area contributed by atoms with Crippen LogP contribution in [0.25, 0.3) is 0 Å². The Morgan fingerprint density at radius 3 is 2.74 bits per heavy atom. The maximum absolute atomic E-state index is 12.4. The van der Waals surface area contributed by atoms with Gasteiger partial charge in [0.2, 0.25) is 0 Å². The van der Waals surface area contributed by atoms with Gasteiger partial charge in [-0.15, -0.1) is 0 Å². The van der Waals surface area contributed by atoms with Gasteiger partial charge in [0.1, 0.15) is 11.6 Å². The van der Waals surface area contributed by atoms with Crippen molar-refractivity contribution in [3.63, 3.8) is 0 Å². The van der Waals surface area contributed by atoms with Gasteiger partial charge in [-0.3, -0.25) is 0 Å². The van der Waals surface area contributed by atoms with Gasteiger partial charge in [0.15, 0.2) is 0 Å². The predicted molar refractivity (Wildman–Crippen MR) is 114 cm³/mol. The van der Waals surface area contributed by atoms with Crippen molar-refractivity contribution in [2.45, 2.75) is 57.7 Å². The Morgan fingerprint density at radius 2 is 2.00 bits per heavy atom. The van der Waals surface area contributed by atoms with Crippen molar-refractivity contribution >= 4 is 11.8 Å². The van der Waals surface area contributed by atoms with Crippen molar-refractivity contribution in [2.75, 3.05) is 18.0 Å². The molecule has 2 heterocycles. The molecule has 4 rings (SSSR count). The lowest BCUT2D eigenvalue weighted by Gasteiger charge is -2.28. The number of carbonyl (C=O) groups excluding carboxylic acids is 1. The van der Waals surface area contributed by atoms with Crippen molar-refractivity contribution in [2.24, 2.45) is 0 Å². The lowest BCUT2D eigenvalue weighted by atomic mass is 9.87. The molecule has 2 N–H and O–H groups in total. The van der Waals surface area contributed by atoms with Gasteiger partial charge >= 0.3 is 12.6 Å². The zero-order valence-corrected chi connectivity index (χ0v) is 17.4. The zero-order valence-electron chi connectivity index (χ0n) is 17.4. The highest BCUT2D eigenvalue weighted by atomic mass is 19.3. The fraction of sp³-hybridized carbons (Fsp3) is 0.478. The van der Waals surface area contributed by atoms with Crippen LogP contribution in [0.5, 0.6) is 5.75 Å². The number of aryl methyl sites for hydroxylation is 1. The lowest BCUT2D eigenvalue weighted by molar-refractivity contribution is -0.0499. The minimum absolute atomic E-state index is 0.149. The smallest absolute Gasteiger partial charge is 0.387 e. The van der Waals surface area contributed by atoms with Crippen LogP contribution in [0.2, 0.25) is 0 Å². The molecule has 31 heavy (non-hydrogen) atoms. The van der Waals surface area contributed by atoms with Gasteiger partial charge in [0.05, 0.1) is 6.04 Å². The van der Waals surface area contributed by atoms with Crippen LogP contribution in [0, 0.1) is 0 Å². The number of benzene rings is 1. The molecule has 1 unspecified atom stereocenters. The average molecular weight is 430 g/mol. The van der Waals surface area contributed by atoms with Crippen LogP contribution in [0.3, 0.4) is 0 Å². The van der Waals surface area contributed by atoms with Crippen molar-refractivity contribution in [3.05, 3.63) is 53.2 Å². The van der Waals surface area contributed by atoms with Crippen LogP contribution in [0.1, 0.15) is 54.8 Å². The number of ether oxygens (including phenoxy) is 1. The Hall–Kier alpha value is -2.90. The summed E-state index contributed by atoms with van der Waals surface area (Å²) in [6.45, 7) is -0.360. The number of rotatable bonds is 6. The first-order chi connectivity index (χ1) is 15.1. The number of amides is 2. The van der Waals surface area contributed by atoms with Crippen LogP contribution in [0.15, 0.2) is 36.5 Å². The molecule has 166 valence electrons. The maximum Gasteiger partial charge on any atom is 0.387 e. The second kappa shape index (κ2) is 9.94. The molecule has 8 heteroatoms. The second-order valence-electron chi connectivity index (χ2n) is 8.08. The van der Waals surface area contributed by atoms with E-state index in [1.165, 1.54) is 25.3 Å². The molecule has 6 nitrogen and oxygen atoms in total. The molecular formula is C23H28F2N4O2. The number of nitrogens with zero attached hydrogens (tertiary/aromatic N) is 2. The third kappa shape index (κ3) is 5.62. The van der Waals surface area contributed by atoms with Crippen LogP contribution in [-0.2, 0) is 13.0 Å². The van der Waals surface area contributed by atoms with E-state index in [2.05, 4.69) is 25.3 Å². The van der Waals surface area contributed by atoms with Gasteiger partial charge in [0.25, 0.3) is 0 Å². The van der Waals surface area contributed by atoms with Crippen LogP contribution < -0.4 is 20.3 Å². The number of hydrogen-bond acceptors (Lipinski definition) is 4. The van der Waals surface area contributed by atoms with Gasteiger partial charge in [-0.2, -0.15) is 8.78 Å². The minimum Gasteiger partial charge on any atom is -0.435 e. The summed E-state index contributed by atoms with van der Waals surface area (Å²) in [5, 5.41) is 5.89. The average Bonchev–Trinajstić information content (AvgIpc) is 2.78. The minimum atomic E-state index is -2.84. The Kier molecular flexibility index (Phi) is 6.84. The summed E-state index contributed by atoms with van der Waals surface area (Å²) < 4.78 is 29.4. The molecule has 0 saturated carbocycles. The van der Waals surface area contributed by atoms with E-state index >= 15 is 0 Å². The topological polar surface area (TPSA) is 66.5 Å². The maximum atomic E-state index is 12.4. The van der Waals surface area contributed by atoms with Gasteiger partial charge < -0.3 is 20.3 Å². The molecular weight excluding hydrogens is 402 g/mol. The van der Waals surface area contributed by atoms with Crippen molar-refractivity contribution in [1.82, 2.24) is 15.6 Å². The number of pyridine rings is 1. The van der Waals surface area contributed by atoms with E-state index in [4.69, 9.17) is 0 Å². The number of piperidine rings is 1. The van der Waals surface area contributed by atoms with Crippen LogP contribution in [-0.4, -0.2) is 30.7 Å². The summed E-state index contributed by atoms with van der Waals surface area (Å²) in [4.78, 5) is 19.3. The first-order valence-electron chi connectivity index (χ1n) is 10.9. The fourth-order valence-corrected chi connectivity index (χ4v) is 4.34. The summed E-state index contributed by atoms with van der Waals surface area (Å²) in [6, 6.07) is 8.53. The predicted octanol–water partition coefficient (Wildman–Crippen LogP) is 4.55. The number of alkyl halides is 2. The summed E-state index contributed by atoms with van der Waals surface area (Å²) in [6.07, 6.45) is 7.96. The number of hydrogen-bond donors (Lipinski definition) is 2. The molecule has 2 aromatic rings. The Morgan fingerprint density at radius 1 is 1.16 bits per heavy atom. The third-order valence-corrected chi connectivity index (χ3v) is 5.90. The number of carbonyl (C=O) groups is 1. The molecule has 1 aliphatic heterocycles. The molecule has 2 aliphatic rings. The van der Waals surface area contributed by atoms with Crippen LogP contribution in [0.4, 0.5) is 19.4 Å². The lowest BCUT2D eigenvalue weighted by Crippen LogP contribution is -2.38. The third-order valence-electron chi connectivity index (χ3n) is 5.90. The van der Waals surface area contributed by atoms with Crippen molar-refractivity contribution in [3.8, 4) is 5.75 Å². The summed E-state index contributed by atoms with van der Waals surface area (Å²) in [5.41, 5.74) is 2.83. The molecule has 1 atom stereocenters. The molecule has 1 aliphatic carbocycles. The molecule has 1 saturated heterocycles. The fourth-order valence-electron chi connectivity index (χ4n) is 4.34. The highest BCUT2D eigenvalue weighted by molar-refractivity contribution is 5.74. The van der Waals surface area contributed by atoms with E-state index in [0.29, 0.717) is 6.54 Å². The Bertz CT molecular complexity index is 886. The van der Waals surface area contributed by atoms with Gasteiger partial charge in [0, 0.05) is 25.8 Å². The molecule has 0 spiro atoms. The second-order valence-corrected chi connectivity index (χ2v) is 8.08. The first-order valence-corrected chi connectivity index (χ1v) is 10.9. The highest BCUT2D eigenvalue weighted by Gasteiger charge is 2.22. The van der Waals surface area contributed by atoms with Crippen LogP contribution >= 0.6 is 0 Å².